The molecule has 0 radical (unpaired) electrons. The van der Waals surface area contributed by atoms with Crippen LogP contribution in [-0.4, -0.2) is 36.2 Å². The summed E-state index contributed by atoms with van der Waals surface area (Å²) in [5.41, 5.74) is 0.868. The van der Waals surface area contributed by atoms with Gasteiger partial charge in [0.25, 0.3) is 0 Å². The van der Waals surface area contributed by atoms with Crippen molar-refractivity contribution >= 4 is 11.9 Å². The second kappa shape index (κ2) is 9.09. The van der Waals surface area contributed by atoms with Crippen LogP contribution in [0.2, 0.25) is 0 Å². The summed E-state index contributed by atoms with van der Waals surface area (Å²) in [5, 5.41) is 11.6. The van der Waals surface area contributed by atoms with Crippen LogP contribution < -0.4 is 5.32 Å². The SMILES string of the molecule is CCCCOCC(=O)N[C@H](Cc1ccccc1)C(=O)O. The fourth-order valence-corrected chi connectivity index (χ4v) is 1.70. The summed E-state index contributed by atoms with van der Waals surface area (Å²) in [5.74, 6) is -1.44. The lowest BCUT2D eigenvalue weighted by Crippen LogP contribution is -2.43. The molecule has 1 rings (SSSR count). The summed E-state index contributed by atoms with van der Waals surface area (Å²) in [7, 11) is 0. The molecule has 1 atom stereocenters. The zero-order chi connectivity index (χ0) is 14.8. The minimum Gasteiger partial charge on any atom is -0.480 e. The van der Waals surface area contributed by atoms with Crippen molar-refractivity contribution in [2.75, 3.05) is 13.2 Å². The molecule has 5 heteroatoms. The number of rotatable bonds is 9. The molecule has 1 amide bonds. The van der Waals surface area contributed by atoms with Crippen molar-refractivity contribution in [3.63, 3.8) is 0 Å². The maximum atomic E-state index is 11.6. The molecule has 2 N–H and O–H groups in total. The van der Waals surface area contributed by atoms with E-state index >= 15 is 0 Å². The van der Waals surface area contributed by atoms with Gasteiger partial charge in [0.1, 0.15) is 12.6 Å². The van der Waals surface area contributed by atoms with Crippen molar-refractivity contribution in [2.24, 2.45) is 0 Å². The third kappa shape index (κ3) is 6.33. The molecule has 0 aliphatic rings. The minimum absolute atomic E-state index is 0.0986. The van der Waals surface area contributed by atoms with E-state index in [2.05, 4.69) is 5.32 Å². The van der Waals surface area contributed by atoms with Gasteiger partial charge in [0.15, 0.2) is 0 Å². The largest absolute Gasteiger partial charge is 0.480 e. The zero-order valence-electron chi connectivity index (χ0n) is 11.7. The summed E-state index contributed by atoms with van der Waals surface area (Å²) in [6, 6.07) is 8.27. The molecule has 0 saturated heterocycles. The number of amides is 1. The molecule has 110 valence electrons. The molecule has 0 aromatic heterocycles. The number of carboxylic acids is 1. The predicted octanol–water partition coefficient (Wildman–Crippen LogP) is 1.62. The van der Waals surface area contributed by atoms with E-state index in [0.29, 0.717) is 6.61 Å². The Kier molecular flexibility index (Phi) is 7.35. The highest BCUT2D eigenvalue weighted by atomic mass is 16.5. The average Bonchev–Trinajstić information content (AvgIpc) is 2.44. The molecule has 1 aromatic rings. The van der Waals surface area contributed by atoms with Gasteiger partial charge in [-0.2, -0.15) is 0 Å². The van der Waals surface area contributed by atoms with Crippen LogP contribution in [0.3, 0.4) is 0 Å². The number of hydrogen-bond acceptors (Lipinski definition) is 3. The van der Waals surface area contributed by atoms with E-state index < -0.39 is 17.9 Å². The van der Waals surface area contributed by atoms with Gasteiger partial charge in [0.05, 0.1) is 0 Å². The molecule has 0 aliphatic carbocycles. The maximum absolute atomic E-state index is 11.6. The Morgan fingerprint density at radius 3 is 2.60 bits per heavy atom. The predicted molar refractivity (Wildman–Crippen MR) is 75.4 cm³/mol. The van der Waals surface area contributed by atoms with Crippen LogP contribution in [-0.2, 0) is 20.7 Å². The van der Waals surface area contributed by atoms with Gasteiger partial charge < -0.3 is 15.2 Å². The van der Waals surface area contributed by atoms with Crippen LogP contribution in [0.4, 0.5) is 0 Å². The summed E-state index contributed by atoms with van der Waals surface area (Å²) in [6.45, 7) is 2.45. The Labute approximate surface area is 118 Å². The Morgan fingerprint density at radius 2 is 2.00 bits per heavy atom. The number of carbonyl (C=O) groups excluding carboxylic acids is 1. The zero-order valence-corrected chi connectivity index (χ0v) is 11.7. The van der Waals surface area contributed by atoms with Crippen molar-refractivity contribution in [1.29, 1.82) is 0 Å². The number of ether oxygens (including phenoxy) is 1. The molecule has 0 unspecified atom stereocenters. The van der Waals surface area contributed by atoms with Gasteiger partial charge in [-0.25, -0.2) is 4.79 Å². The second-order valence-corrected chi connectivity index (χ2v) is 4.55. The van der Waals surface area contributed by atoms with Crippen molar-refractivity contribution in [1.82, 2.24) is 5.32 Å². The van der Waals surface area contributed by atoms with Gasteiger partial charge in [0.2, 0.25) is 5.91 Å². The van der Waals surface area contributed by atoms with Crippen LogP contribution in [0.15, 0.2) is 30.3 Å². The van der Waals surface area contributed by atoms with Crippen LogP contribution in [0.5, 0.6) is 0 Å². The molecule has 0 aliphatic heterocycles. The minimum atomic E-state index is -1.05. The van der Waals surface area contributed by atoms with Crippen molar-refractivity contribution in [3.05, 3.63) is 35.9 Å². The highest BCUT2D eigenvalue weighted by molar-refractivity contribution is 5.84. The monoisotopic (exact) mass is 279 g/mol. The third-order valence-electron chi connectivity index (χ3n) is 2.79. The van der Waals surface area contributed by atoms with E-state index in [0.717, 1.165) is 18.4 Å². The van der Waals surface area contributed by atoms with Gasteiger partial charge >= 0.3 is 5.97 Å². The number of aliphatic carboxylic acids is 1. The van der Waals surface area contributed by atoms with Gasteiger partial charge in [0, 0.05) is 13.0 Å². The van der Waals surface area contributed by atoms with Gasteiger partial charge in [-0.1, -0.05) is 43.7 Å². The summed E-state index contributed by atoms with van der Waals surface area (Å²) >= 11 is 0. The fourth-order valence-electron chi connectivity index (χ4n) is 1.70. The number of carboxylic acid groups (broad SMARTS) is 1. The average molecular weight is 279 g/mol. The molecular weight excluding hydrogens is 258 g/mol. The summed E-state index contributed by atoms with van der Waals surface area (Å²) in [6.07, 6.45) is 2.14. The first-order valence-electron chi connectivity index (χ1n) is 6.77. The molecule has 0 fully saturated rings. The lowest BCUT2D eigenvalue weighted by Gasteiger charge is -2.14. The molecule has 5 nitrogen and oxygen atoms in total. The molecular formula is C15H21NO4. The quantitative estimate of drug-likeness (QED) is 0.673. The second-order valence-electron chi connectivity index (χ2n) is 4.55. The summed E-state index contributed by atoms with van der Waals surface area (Å²) in [4.78, 5) is 22.8. The van der Waals surface area contributed by atoms with Crippen LogP contribution >= 0.6 is 0 Å². The first kappa shape index (κ1) is 16.2. The van der Waals surface area contributed by atoms with E-state index in [1.165, 1.54) is 0 Å². The number of hydrogen-bond donors (Lipinski definition) is 2. The lowest BCUT2D eigenvalue weighted by atomic mass is 10.1. The molecule has 0 heterocycles. The first-order valence-corrected chi connectivity index (χ1v) is 6.77. The molecule has 0 bridgehead atoms. The first-order chi connectivity index (χ1) is 9.63. The standard InChI is InChI=1S/C15H21NO4/c1-2-3-9-20-11-14(17)16-13(15(18)19)10-12-7-5-4-6-8-12/h4-8,13H,2-3,9-11H2,1H3,(H,16,17)(H,18,19)/t13-/m1/s1. The van der Waals surface area contributed by atoms with Gasteiger partial charge in [-0.05, 0) is 12.0 Å². The smallest absolute Gasteiger partial charge is 0.326 e. The lowest BCUT2D eigenvalue weighted by molar-refractivity contribution is -0.142. The maximum Gasteiger partial charge on any atom is 0.326 e. The van der Waals surface area contributed by atoms with Gasteiger partial charge in [-0.15, -0.1) is 0 Å². The van der Waals surface area contributed by atoms with Crippen LogP contribution in [0, 0.1) is 0 Å². The molecule has 20 heavy (non-hydrogen) atoms. The third-order valence-corrected chi connectivity index (χ3v) is 2.79. The highest BCUT2D eigenvalue weighted by Gasteiger charge is 2.20. The Hall–Kier alpha value is -1.88. The number of unbranched alkanes of at least 4 members (excludes halogenated alkanes) is 1. The fraction of sp³-hybridized carbons (Fsp3) is 0.467. The Bertz CT molecular complexity index is 419. The van der Waals surface area contributed by atoms with Crippen molar-refractivity contribution in [3.8, 4) is 0 Å². The number of carbonyl (C=O) groups is 2. The van der Waals surface area contributed by atoms with E-state index in [1.54, 1.807) is 0 Å². The number of nitrogens with one attached hydrogen (secondary N) is 1. The van der Waals surface area contributed by atoms with E-state index in [4.69, 9.17) is 9.84 Å². The Balaban J connectivity index is 2.43. The van der Waals surface area contributed by atoms with Crippen molar-refractivity contribution < 1.29 is 19.4 Å². The topological polar surface area (TPSA) is 75.6 Å². The van der Waals surface area contributed by atoms with Crippen LogP contribution in [0.1, 0.15) is 25.3 Å². The Morgan fingerprint density at radius 1 is 1.30 bits per heavy atom. The highest BCUT2D eigenvalue weighted by Crippen LogP contribution is 2.03. The number of benzene rings is 1. The normalized spacial score (nSPS) is 11.8. The van der Waals surface area contributed by atoms with E-state index in [-0.39, 0.29) is 13.0 Å². The molecule has 0 spiro atoms. The van der Waals surface area contributed by atoms with Gasteiger partial charge in [-0.3, -0.25) is 4.79 Å². The van der Waals surface area contributed by atoms with E-state index in [1.807, 2.05) is 37.3 Å². The molecule has 1 aromatic carbocycles. The molecule has 0 saturated carbocycles. The summed E-state index contributed by atoms with van der Waals surface area (Å²) < 4.78 is 5.16. The van der Waals surface area contributed by atoms with Crippen LogP contribution in [0.25, 0.3) is 0 Å². The van der Waals surface area contributed by atoms with Crippen molar-refractivity contribution in [2.45, 2.75) is 32.2 Å². The van der Waals surface area contributed by atoms with E-state index in [9.17, 15) is 9.59 Å².